The largest absolute Gasteiger partial charge is 0.381 e. The third-order valence-corrected chi connectivity index (χ3v) is 11.1. The van der Waals surface area contributed by atoms with Crippen molar-refractivity contribution in [2.45, 2.75) is 62.2 Å². The predicted molar refractivity (Wildman–Crippen MR) is 150 cm³/mol. The molecule has 5 fully saturated rings. The molecule has 4 saturated carbocycles. The van der Waals surface area contributed by atoms with Crippen molar-refractivity contribution in [3.8, 4) is 0 Å². The number of ether oxygens (including phenoxy) is 1. The molecule has 0 unspecified atom stereocenters. The first-order valence-corrected chi connectivity index (χ1v) is 16.1. The molecule has 5 aliphatic rings. The number of nitrogens with one attached hydrogen (secondary N) is 1. The normalized spacial score (nSPS) is 29.7. The van der Waals surface area contributed by atoms with Crippen molar-refractivity contribution in [1.82, 2.24) is 5.32 Å². The third-order valence-electron chi connectivity index (χ3n) is 9.95. The molecule has 2 aromatic carbocycles. The minimum atomic E-state index is -3.63. The maximum atomic E-state index is 13.1. The highest BCUT2D eigenvalue weighted by Gasteiger charge is 2.51. The smallest absolute Gasteiger partial charge is 0.240 e. The van der Waals surface area contributed by atoms with Gasteiger partial charge in [-0.3, -0.25) is 9.10 Å². The fraction of sp³-hybridized carbons (Fsp3) is 0.581. The first-order valence-electron chi connectivity index (χ1n) is 14.2. The second kappa shape index (κ2) is 9.98. The molecule has 38 heavy (non-hydrogen) atoms. The van der Waals surface area contributed by atoms with Gasteiger partial charge in [0.25, 0.3) is 0 Å². The van der Waals surface area contributed by atoms with Crippen molar-refractivity contribution in [3.63, 3.8) is 0 Å². The van der Waals surface area contributed by atoms with Crippen molar-refractivity contribution in [3.05, 3.63) is 65.7 Å². The average molecular weight is 537 g/mol. The van der Waals surface area contributed by atoms with Crippen LogP contribution in [-0.4, -0.2) is 46.9 Å². The van der Waals surface area contributed by atoms with Gasteiger partial charge >= 0.3 is 0 Å². The van der Waals surface area contributed by atoms with Gasteiger partial charge < -0.3 is 10.1 Å². The van der Waals surface area contributed by atoms with Crippen LogP contribution in [0.4, 0.5) is 5.69 Å². The van der Waals surface area contributed by atoms with Crippen LogP contribution in [0.1, 0.15) is 62.5 Å². The van der Waals surface area contributed by atoms with Gasteiger partial charge in [-0.05, 0) is 97.8 Å². The van der Waals surface area contributed by atoms with Crippen LogP contribution in [0.5, 0.6) is 0 Å². The van der Waals surface area contributed by atoms with E-state index in [1.165, 1.54) is 60.2 Å². The molecular formula is C31H40N2O4S. The molecule has 4 aliphatic carbocycles. The van der Waals surface area contributed by atoms with Gasteiger partial charge in [0.15, 0.2) is 0 Å². The molecule has 1 heterocycles. The highest BCUT2D eigenvalue weighted by Crippen LogP contribution is 2.60. The Balaban J connectivity index is 1.16. The zero-order valence-corrected chi connectivity index (χ0v) is 23.2. The van der Waals surface area contributed by atoms with Crippen molar-refractivity contribution in [1.29, 1.82) is 0 Å². The number of benzene rings is 2. The Kier molecular flexibility index (Phi) is 6.79. The lowest BCUT2D eigenvalue weighted by Crippen LogP contribution is -2.48. The summed E-state index contributed by atoms with van der Waals surface area (Å²) < 4.78 is 32.4. The molecule has 1 aliphatic heterocycles. The molecular weight excluding hydrogens is 496 g/mol. The van der Waals surface area contributed by atoms with E-state index >= 15 is 0 Å². The van der Waals surface area contributed by atoms with E-state index < -0.39 is 10.0 Å². The lowest BCUT2D eigenvalue weighted by Gasteiger charge is -2.57. The first kappa shape index (κ1) is 25.9. The molecule has 1 N–H and O–H groups in total. The lowest BCUT2D eigenvalue weighted by molar-refractivity contribution is -0.120. The van der Waals surface area contributed by atoms with Gasteiger partial charge in [0, 0.05) is 25.2 Å². The molecule has 4 bridgehead atoms. The Bertz CT molecular complexity index is 1220. The molecule has 0 radical (unpaired) electrons. The summed E-state index contributed by atoms with van der Waals surface area (Å²) in [6.45, 7) is 1.53. The van der Waals surface area contributed by atoms with Crippen LogP contribution in [0.2, 0.25) is 0 Å². The summed E-state index contributed by atoms with van der Waals surface area (Å²) in [5, 5.41) is 3.06. The highest BCUT2D eigenvalue weighted by molar-refractivity contribution is 7.92. The minimum Gasteiger partial charge on any atom is -0.381 e. The van der Waals surface area contributed by atoms with Gasteiger partial charge in [-0.2, -0.15) is 0 Å². The standard InChI is InChI=1S/C31H40N2O4S/c1-38(35,36)33(21-29(34)32-22-30(11-13-37-14-12-30)26-5-3-2-4-6-26)28-9-7-27(8-10-28)31-18-23-15-24(19-31)17-25(16-23)20-31/h2-10,23-25H,11-22H2,1H3,(H,32,34). The number of carbonyl (C=O) groups is 1. The topological polar surface area (TPSA) is 75.7 Å². The maximum Gasteiger partial charge on any atom is 0.240 e. The van der Waals surface area contributed by atoms with Gasteiger partial charge in [0.05, 0.1) is 11.9 Å². The second-order valence-electron chi connectivity index (χ2n) is 12.5. The van der Waals surface area contributed by atoms with Crippen molar-refractivity contribution in [2.24, 2.45) is 17.8 Å². The molecule has 6 nitrogen and oxygen atoms in total. The molecule has 2 aromatic rings. The van der Waals surface area contributed by atoms with Crippen LogP contribution in [-0.2, 0) is 30.4 Å². The monoisotopic (exact) mass is 536 g/mol. The Morgan fingerprint density at radius 2 is 1.47 bits per heavy atom. The number of rotatable bonds is 8. The third kappa shape index (κ3) is 5.00. The Morgan fingerprint density at radius 1 is 0.895 bits per heavy atom. The van der Waals surface area contributed by atoms with Gasteiger partial charge in [-0.25, -0.2) is 8.42 Å². The van der Waals surface area contributed by atoms with Gasteiger partial charge in [0.2, 0.25) is 15.9 Å². The summed E-state index contributed by atoms with van der Waals surface area (Å²) in [6.07, 6.45) is 10.8. The Labute approximate surface area is 227 Å². The number of sulfonamides is 1. The molecule has 7 rings (SSSR count). The van der Waals surface area contributed by atoms with Gasteiger partial charge in [0.1, 0.15) is 6.54 Å². The van der Waals surface area contributed by atoms with E-state index in [1.54, 1.807) is 0 Å². The van der Waals surface area contributed by atoms with E-state index in [0.29, 0.717) is 25.4 Å². The molecule has 7 heteroatoms. The van der Waals surface area contributed by atoms with Crippen LogP contribution >= 0.6 is 0 Å². The summed E-state index contributed by atoms with van der Waals surface area (Å²) >= 11 is 0. The fourth-order valence-corrected chi connectivity index (χ4v) is 9.28. The Hall–Kier alpha value is -2.38. The van der Waals surface area contributed by atoms with Crippen LogP contribution in [0.15, 0.2) is 54.6 Å². The van der Waals surface area contributed by atoms with E-state index in [1.807, 2.05) is 30.3 Å². The SMILES string of the molecule is CS(=O)(=O)N(CC(=O)NCC1(c2ccccc2)CCOCC1)c1ccc(C23CC4CC(CC(C4)C2)C3)cc1. The molecule has 0 spiro atoms. The molecule has 204 valence electrons. The van der Waals surface area contributed by atoms with Gasteiger partial charge in [-0.1, -0.05) is 42.5 Å². The summed E-state index contributed by atoms with van der Waals surface area (Å²) in [7, 11) is -3.63. The molecule has 0 aromatic heterocycles. The average Bonchev–Trinajstić information content (AvgIpc) is 2.90. The number of hydrogen-bond acceptors (Lipinski definition) is 4. The molecule has 1 amide bonds. The number of amides is 1. The zero-order valence-electron chi connectivity index (χ0n) is 22.4. The summed E-state index contributed by atoms with van der Waals surface area (Å²) in [5.74, 6) is 2.27. The quantitative estimate of drug-likeness (QED) is 0.527. The summed E-state index contributed by atoms with van der Waals surface area (Å²) in [5.41, 5.74) is 3.15. The number of carbonyl (C=O) groups excluding carboxylic acids is 1. The Morgan fingerprint density at radius 3 is 2.03 bits per heavy atom. The maximum absolute atomic E-state index is 13.1. The van der Waals surface area contributed by atoms with E-state index in [0.717, 1.165) is 30.6 Å². The van der Waals surface area contributed by atoms with Crippen molar-refractivity contribution in [2.75, 3.05) is 36.9 Å². The lowest BCUT2D eigenvalue weighted by atomic mass is 9.48. The van der Waals surface area contributed by atoms with E-state index in [-0.39, 0.29) is 23.3 Å². The summed E-state index contributed by atoms with van der Waals surface area (Å²) in [4.78, 5) is 13.1. The van der Waals surface area contributed by atoms with Crippen molar-refractivity contribution < 1.29 is 17.9 Å². The van der Waals surface area contributed by atoms with Crippen LogP contribution in [0.3, 0.4) is 0 Å². The number of nitrogens with zero attached hydrogens (tertiary/aromatic N) is 1. The predicted octanol–water partition coefficient (Wildman–Crippen LogP) is 4.79. The van der Waals surface area contributed by atoms with E-state index in [9.17, 15) is 13.2 Å². The van der Waals surface area contributed by atoms with Gasteiger partial charge in [-0.15, -0.1) is 0 Å². The fourth-order valence-electron chi connectivity index (χ4n) is 8.42. The van der Waals surface area contributed by atoms with E-state index in [2.05, 4.69) is 29.6 Å². The number of anilines is 1. The van der Waals surface area contributed by atoms with E-state index in [4.69, 9.17) is 4.74 Å². The first-order chi connectivity index (χ1) is 18.2. The van der Waals surface area contributed by atoms with Crippen LogP contribution < -0.4 is 9.62 Å². The second-order valence-corrected chi connectivity index (χ2v) is 14.5. The van der Waals surface area contributed by atoms with Crippen LogP contribution in [0, 0.1) is 17.8 Å². The van der Waals surface area contributed by atoms with Crippen LogP contribution in [0.25, 0.3) is 0 Å². The summed E-state index contributed by atoms with van der Waals surface area (Å²) in [6, 6.07) is 18.3. The zero-order chi connectivity index (χ0) is 26.4. The minimum absolute atomic E-state index is 0.204. The highest BCUT2D eigenvalue weighted by atomic mass is 32.2. The molecule has 1 saturated heterocycles. The van der Waals surface area contributed by atoms with Crippen molar-refractivity contribution >= 4 is 21.6 Å². The molecule has 0 atom stereocenters. The number of hydrogen-bond donors (Lipinski definition) is 1.